The zero-order chi connectivity index (χ0) is 22.1. The van der Waals surface area contributed by atoms with Crippen LogP contribution in [-0.4, -0.2) is 32.9 Å². The molecule has 3 aromatic rings. The Balaban J connectivity index is 1.93. The number of methoxy groups -OCH3 is 2. The Hall–Kier alpha value is -3.32. The molecule has 0 bridgehead atoms. The molecule has 0 aliphatic carbocycles. The van der Waals surface area contributed by atoms with E-state index in [1.54, 1.807) is 24.3 Å². The first kappa shape index (κ1) is 20.9. The number of esters is 1. The number of carbonyl (C=O) groups is 1. The summed E-state index contributed by atoms with van der Waals surface area (Å²) >= 11 is 0. The largest absolute Gasteiger partial charge is 0.493 e. The lowest BCUT2D eigenvalue weighted by atomic mass is 10.0. The molecule has 1 aliphatic heterocycles. The molecule has 1 atom stereocenters. The second-order valence-corrected chi connectivity index (χ2v) is 7.54. The van der Waals surface area contributed by atoms with Gasteiger partial charge >= 0.3 is 5.97 Å². The summed E-state index contributed by atoms with van der Waals surface area (Å²) in [4.78, 5) is 26.1. The SMILES string of the molecule is COc1ccc(-c2oc3c(C)cc(C)cc3c(=O)c2OC(=O)C2CCCO2)cc1OC. The lowest BCUT2D eigenvalue weighted by molar-refractivity contribution is -0.144. The van der Waals surface area contributed by atoms with E-state index in [1.165, 1.54) is 14.2 Å². The van der Waals surface area contributed by atoms with Crippen LogP contribution in [-0.2, 0) is 9.53 Å². The molecular formula is C24H24O7. The van der Waals surface area contributed by atoms with Gasteiger partial charge in [0.1, 0.15) is 5.58 Å². The minimum atomic E-state index is -0.687. The summed E-state index contributed by atoms with van der Waals surface area (Å²) in [6, 6.07) is 8.76. The summed E-state index contributed by atoms with van der Waals surface area (Å²) in [5, 5.41) is 0.358. The van der Waals surface area contributed by atoms with Crippen LogP contribution in [0.2, 0.25) is 0 Å². The van der Waals surface area contributed by atoms with Gasteiger partial charge in [0.15, 0.2) is 23.4 Å². The van der Waals surface area contributed by atoms with Gasteiger partial charge in [0.2, 0.25) is 11.2 Å². The minimum Gasteiger partial charge on any atom is -0.493 e. The minimum absolute atomic E-state index is 0.150. The quantitative estimate of drug-likeness (QED) is 0.568. The summed E-state index contributed by atoms with van der Waals surface area (Å²) in [7, 11) is 3.05. The maximum Gasteiger partial charge on any atom is 0.340 e. The van der Waals surface area contributed by atoms with Crippen molar-refractivity contribution >= 4 is 16.9 Å². The Morgan fingerprint density at radius 2 is 1.84 bits per heavy atom. The van der Waals surface area contributed by atoms with Gasteiger partial charge in [-0.2, -0.15) is 0 Å². The lowest BCUT2D eigenvalue weighted by Gasteiger charge is -2.15. The molecule has 2 heterocycles. The second kappa shape index (κ2) is 8.43. The number of carbonyl (C=O) groups excluding carboxylic acids is 1. The average Bonchev–Trinajstić information content (AvgIpc) is 3.30. The van der Waals surface area contributed by atoms with Crippen molar-refractivity contribution in [2.24, 2.45) is 0 Å². The Morgan fingerprint density at radius 3 is 2.52 bits per heavy atom. The predicted octanol–water partition coefficient (Wildman–Crippen LogP) is 4.18. The van der Waals surface area contributed by atoms with Crippen molar-refractivity contribution in [2.75, 3.05) is 20.8 Å². The molecule has 7 heteroatoms. The van der Waals surface area contributed by atoms with Crippen molar-refractivity contribution in [3.63, 3.8) is 0 Å². The Labute approximate surface area is 179 Å². The van der Waals surface area contributed by atoms with Crippen molar-refractivity contribution in [1.29, 1.82) is 0 Å². The van der Waals surface area contributed by atoms with Crippen LogP contribution in [0.1, 0.15) is 24.0 Å². The molecule has 0 radical (unpaired) electrons. The van der Waals surface area contributed by atoms with Crippen molar-refractivity contribution < 1.29 is 28.2 Å². The standard InChI is InChI=1S/C24H24O7/c1-13-10-14(2)21-16(11-13)20(25)23(31-24(26)18-6-5-9-29-18)22(30-21)15-7-8-17(27-3)19(12-15)28-4/h7-8,10-12,18H,5-6,9H2,1-4H3. The molecule has 0 amide bonds. The summed E-state index contributed by atoms with van der Waals surface area (Å²) in [5.41, 5.74) is 2.27. The van der Waals surface area contributed by atoms with E-state index in [4.69, 9.17) is 23.4 Å². The molecular weight excluding hydrogens is 400 g/mol. The highest BCUT2D eigenvalue weighted by Gasteiger charge is 2.29. The fourth-order valence-electron chi connectivity index (χ4n) is 3.82. The molecule has 4 rings (SSSR count). The van der Waals surface area contributed by atoms with Gasteiger partial charge in [0, 0.05) is 12.2 Å². The van der Waals surface area contributed by atoms with E-state index in [1.807, 2.05) is 19.9 Å². The van der Waals surface area contributed by atoms with Gasteiger partial charge < -0.3 is 23.4 Å². The third kappa shape index (κ3) is 3.88. The van der Waals surface area contributed by atoms with E-state index in [-0.39, 0.29) is 11.5 Å². The van der Waals surface area contributed by atoms with Crippen LogP contribution in [0.4, 0.5) is 0 Å². The van der Waals surface area contributed by atoms with Gasteiger partial charge in [0.05, 0.1) is 19.6 Å². The van der Waals surface area contributed by atoms with E-state index in [0.717, 1.165) is 17.5 Å². The van der Waals surface area contributed by atoms with E-state index < -0.39 is 17.5 Å². The number of benzene rings is 2. The number of aryl methyl sites for hydroxylation is 2. The van der Waals surface area contributed by atoms with Crippen molar-refractivity contribution in [3.8, 4) is 28.6 Å². The molecule has 7 nitrogen and oxygen atoms in total. The zero-order valence-electron chi connectivity index (χ0n) is 17.9. The molecule has 31 heavy (non-hydrogen) atoms. The Morgan fingerprint density at radius 1 is 1.06 bits per heavy atom. The molecule has 0 saturated carbocycles. The van der Waals surface area contributed by atoms with Crippen LogP contribution in [0.15, 0.2) is 39.5 Å². The number of hydrogen-bond donors (Lipinski definition) is 0. The maximum atomic E-state index is 13.4. The molecule has 0 N–H and O–H groups in total. The number of fused-ring (bicyclic) bond motifs is 1. The summed E-state index contributed by atoms with van der Waals surface area (Å²) in [6.45, 7) is 4.26. The maximum absolute atomic E-state index is 13.4. The monoisotopic (exact) mass is 424 g/mol. The average molecular weight is 424 g/mol. The molecule has 0 spiro atoms. The normalized spacial score (nSPS) is 15.8. The van der Waals surface area contributed by atoms with Crippen LogP contribution in [0, 0.1) is 13.8 Å². The summed E-state index contributed by atoms with van der Waals surface area (Å²) in [6.07, 6.45) is 0.641. The van der Waals surface area contributed by atoms with E-state index in [0.29, 0.717) is 41.1 Å². The van der Waals surface area contributed by atoms with Crippen molar-refractivity contribution in [1.82, 2.24) is 0 Å². The Bertz CT molecular complexity index is 1200. The second-order valence-electron chi connectivity index (χ2n) is 7.54. The van der Waals surface area contributed by atoms with E-state index in [9.17, 15) is 9.59 Å². The molecule has 2 aromatic carbocycles. The molecule has 1 saturated heterocycles. The molecule has 1 aliphatic rings. The van der Waals surface area contributed by atoms with Gasteiger partial charge in [-0.1, -0.05) is 6.07 Å². The van der Waals surface area contributed by atoms with E-state index in [2.05, 4.69) is 0 Å². The topological polar surface area (TPSA) is 84.2 Å². The van der Waals surface area contributed by atoms with Gasteiger partial charge in [-0.3, -0.25) is 4.79 Å². The third-order valence-electron chi connectivity index (χ3n) is 5.32. The van der Waals surface area contributed by atoms with Crippen molar-refractivity contribution in [2.45, 2.75) is 32.8 Å². The number of rotatable bonds is 5. The van der Waals surface area contributed by atoms with Gasteiger partial charge in [-0.05, 0) is 62.1 Å². The first-order valence-corrected chi connectivity index (χ1v) is 10.1. The van der Waals surface area contributed by atoms with Crippen LogP contribution >= 0.6 is 0 Å². The van der Waals surface area contributed by atoms with Gasteiger partial charge in [-0.15, -0.1) is 0 Å². The van der Waals surface area contributed by atoms with Gasteiger partial charge in [0.25, 0.3) is 0 Å². The van der Waals surface area contributed by atoms with Crippen LogP contribution in [0.25, 0.3) is 22.3 Å². The third-order valence-corrected chi connectivity index (χ3v) is 5.32. The van der Waals surface area contributed by atoms with Crippen molar-refractivity contribution in [3.05, 3.63) is 51.7 Å². The molecule has 1 aromatic heterocycles. The number of hydrogen-bond acceptors (Lipinski definition) is 7. The zero-order valence-corrected chi connectivity index (χ0v) is 17.9. The summed E-state index contributed by atoms with van der Waals surface area (Å²) < 4.78 is 27.9. The van der Waals surface area contributed by atoms with Crippen LogP contribution in [0.5, 0.6) is 17.2 Å². The molecule has 1 fully saturated rings. The smallest absolute Gasteiger partial charge is 0.340 e. The molecule has 162 valence electrons. The Kier molecular flexibility index (Phi) is 5.69. The van der Waals surface area contributed by atoms with Crippen LogP contribution in [0.3, 0.4) is 0 Å². The highest BCUT2D eigenvalue weighted by atomic mass is 16.6. The highest BCUT2D eigenvalue weighted by Crippen LogP contribution is 2.37. The fraction of sp³-hybridized carbons (Fsp3) is 0.333. The van der Waals surface area contributed by atoms with E-state index >= 15 is 0 Å². The first-order chi connectivity index (χ1) is 14.9. The highest BCUT2D eigenvalue weighted by molar-refractivity contribution is 5.87. The van der Waals surface area contributed by atoms with Gasteiger partial charge in [-0.25, -0.2) is 4.79 Å². The summed E-state index contributed by atoms with van der Waals surface area (Å²) in [5.74, 6) is 0.371. The molecule has 1 unspecified atom stereocenters. The fourth-order valence-corrected chi connectivity index (χ4v) is 3.82. The predicted molar refractivity (Wildman–Crippen MR) is 115 cm³/mol. The first-order valence-electron chi connectivity index (χ1n) is 10.1. The lowest BCUT2D eigenvalue weighted by Crippen LogP contribution is -2.27. The number of ether oxygens (including phenoxy) is 4. The van der Waals surface area contributed by atoms with Crippen LogP contribution < -0.4 is 19.6 Å².